The fraction of sp³-hybridized carbons (Fsp3) is 0.310. The molecule has 3 aromatic rings. The summed E-state index contributed by atoms with van der Waals surface area (Å²) in [6.45, 7) is 3.80. The third-order valence-electron chi connectivity index (χ3n) is 6.69. The SMILES string of the molecule is C=CCCC1CCC(c2ccc3c(F)c(C#Cc4ccc(C(F)(F)F)c(F)c4)ccc3c2)CC1. The summed E-state index contributed by atoms with van der Waals surface area (Å²) < 4.78 is 67.0. The van der Waals surface area contributed by atoms with Crippen LogP contribution >= 0.6 is 0 Å². The summed E-state index contributed by atoms with van der Waals surface area (Å²) in [5, 5.41) is 1.23. The van der Waals surface area contributed by atoms with E-state index >= 15 is 4.39 Å². The third-order valence-corrected chi connectivity index (χ3v) is 6.69. The van der Waals surface area contributed by atoms with Crippen LogP contribution in [-0.4, -0.2) is 0 Å². The van der Waals surface area contributed by atoms with Crippen LogP contribution in [0.5, 0.6) is 0 Å². The van der Waals surface area contributed by atoms with E-state index in [1.165, 1.54) is 24.8 Å². The zero-order chi connectivity index (χ0) is 24.3. The molecule has 0 nitrogen and oxygen atoms in total. The molecule has 0 aliphatic heterocycles. The smallest absolute Gasteiger partial charge is 0.206 e. The first-order valence-electron chi connectivity index (χ1n) is 11.5. The van der Waals surface area contributed by atoms with Crippen molar-refractivity contribution in [3.05, 3.63) is 95.1 Å². The van der Waals surface area contributed by atoms with Crippen LogP contribution in [0.1, 0.15) is 66.7 Å². The lowest BCUT2D eigenvalue weighted by molar-refractivity contribution is -0.140. The molecule has 5 heteroatoms. The van der Waals surface area contributed by atoms with Crippen molar-refractivity contribution in [1.29, 1.82) is 0 Å². The first kappa shape index (κ1) is 24.0. The van der Waals surface area contributed by atoms with Crippen LogP contribution in [0, 0.1) is 29.4 Å². The van der Waals surface area contributed by atoms with Crippen molar-refractivity contribution in [2.75, 3.05) is 0 Å². The van der Waals surface area contributed by atoms with Crippen molar-refractivity contribution >= 4 is 10.8 Å². The van der Waals surface area contributed by atoms with Gasteiger partial charge in [-0.05, 0) is 85.6 Å². The minimum Gasteiger partial charge on any atom is -0.206 e. The highest BCUT2D eigenvalue weighted by Crippen LogP contribution is 2.38. The number of fused-ring (bicyclic) bond motifs is 1. The maximum atomic E-state index is 15.1. The van der Waals surface area contributed by atoms with Crippen LogP contribution in [0.2, 0.25) is 0 Å². The molecule has 1 aliphatic carbocycles. The van der Waals surface area contributed by atoms with E-state index in [2.05, 4.69) is 18.4 Å². The van der Waals surface area contributed by atoms with Crippen molar-refractivity contribution in [2.45, 2.75) is 50.6 Å². The molecule has 0 bridgehead atoms. The van der Waals surface area contributed by atoms with Crippen LogP contribution in [0.25, 0.3) is 10.8 Å². The number of hydrogen-bond donors (Lipinski definition) is 0. The van der Waals surface area contributed by atoms with Crippen molar-refractivity contribution in [2.24, 2.45) is 5.92 Å². The van der Waals surface area contributed by atoms with E-state index in [0.29, 0.717) is 23.4 Å². The number of rotatable bonds is 4. The van der Waals surface area contributed by atoms with Crippen LogP contribution in [0.4, 0.5) is 22.0 Å². The summed E-state index contributed by atoms with van der Waals surface area (Å²) in [5.41, 5.74) is 0.0245. The zero-order valence-electron chi connectivity index (χ0n) is 18.7. The van der Waals surface area contributed by atoms with E-state index < -0.39 is 23.4 Å². The molecule has 0 spiro atoms. The van der Waals surface area contributed by atoms with Crippen LogP contribution in [0.15, 0.2) is 61.2 Å². The Balaban J connectivity index is 1.52. The van der Waals surface area contributed by atoms with Gasteiger partial charge in [0.05, 0.1) is 11.1 Å². The van der Waals surface area contributed by atoms with Gasteiger partial charge in [0.15, 0.2) is 0 Å². The number of halogens is 5. The molecule has 0 amide bonds. The normalized spacial score (nSPS) is 18.4. The number of allylic oxidation sites excluding steroid dienone is 1. The van der Waals surface area contributed by atoms with E-state index in [1.807, 2.05) is 18.2 Å². The Morgan fingerprint density at radius 1 is 0.912 bits per heavy atom. The standard InChI is InChI=1S/C29H25F5/c1-2-3-4-19-5-9-21(10-6-19)23-14-15-25-24(18-23)13-12-22(28(25)31)11-7-20-8-16-26(27(30)17-20)29(32,33)34/h2,8,12-19,21H,1,3-6,9-10H2. The molecule has 3 aromatic carbocycles. The van der Waals surface area contributed by atoms with Gasteiger partial charge in [-0.15, -0.1) is 6.58 Å². The molecular weight excluding hydrogens is 443 g/mol. The Bertz CT molecular complexity index is 1250. The highest BCUT2D eigenvalue weighted by Gasteiger charge is 2.33. The molecule has 0 N–H and O–H groups in total. The van der Waals surface area contributed by atoms with Gasteiger partial charge in [-0.1, -0.05) is 42.2 Å². The number of benzene rings is 3. The average molecular weight is 469 g/mol. The van der Waals surface area contributed by atoms with E-state index in [-0.39, 0.29) is 11.1 Å². The summed E-state index contributed by atoms with van der Waals surface area (Å²) in [6, 6.07) is 11.6. The fourth-order valence-electron chi connectivity index (χ4n) is 4.76. The van der Waals surface area contributed by atoms with Gasteiger partial charge in [0.1, 0.15) is 11.6 Å². The van der Waals surface area contributed by atoms with Crippen LogP contribution in [0.3, 0.4) is 0 Å². The van der Waals surface area contributed by atoms with Gasteiger partial charge < -0.3 is 0 Å². The highest BCUT2D eigenvalue weighted by atomic mass is 19.4. The summed E-state index contributed by atoms with van der Waals surface area (Å²) in [7, 11) is 0. The molecule has 4 rings (SSSR count). The minimum atomic E-state index is -4.77. The Hall–Kier alpha value is -3.13. The van der Waals surface area contributed by atoms with Crippen molar-refractivity contribution in [3.63, 3.8) is 0 Å². The molecule has 0 heterocycles. The molecule has 1 saturated carbocycles. The van der Waals surface area contributed by atoms with Crippen LogP contribution in [-0.2, 0) is 6.18 Å². The average Bonchev–Trinajstić information content (AvgIpc) is 2.81. The monoisotopic (exact) mass is 468 g/mol. The maximum absolute atomic E-state index is 15.1. The number of alkyl halides is 3. The Kier molecular flexibility index (Phi) is 7.07. The van der Waals surface area contributed by atoms with Gasteiger partial charge in [-0.2, -0.15) is 13.2 Å². The molecule has 34 heavy (non-hydrogen) atoms. The van der Waals surface area contributed by atoms with Crippen LogP contribution < -0.4 is 0 Å². The Morgan fingerprint density at radius 2 is 1.68 bits per heavy atom. The van der Waals surface area contributed by atoms with Gasteiger partial charge >= 0.3 is 6.18 Å². The predicted molar refractivity (Wildman–Crippen MR) is 125 cm³/mol. The second-order valence-corrected chi connectivity index (χ2v) is 8.93. The molecule has 1 aliphatic rings. The van der Waals surface area contributed by atoms with Crippen molar-refractivity contribution in [1.82, 2.24) is 0 Å². The zero-order valence-corrected chi connectivity index (χ0v) is 18.7. The predicted octanol–water partition coefficient (Wildman–Crippen LogP) is 8.78. The first-order valence-corrected chi connectivity index (χ1v) is 11.5. The van der Waals surface area contributed by atoms with Gasteiger partial charge in [0.25, 0.3) is 0 Å². The molecular formula is C29H25F5. The molecule has 0 radical (unpaired) electrons. The largest absolute Gasteiger partial charge is 0.419 e. The van der Waals surface area contributed by atoms with E-state index in [1.54, 1.807) is 18.2 Å². The second-order valence-electron chi connectivity index (χ2n) is 8.93. The van der Waals surface area contributed by atoms with Gasteiger partial charge in [-0.25, -0.2) is 8.78 Å². The number of hydrogen-bond acceptors (Lipinski definition) is 0. The molecule has 0 aromatic heterocycles. The van der Waals surface area contributed by atoms with E-state index in [0.717, 1.165) is 36.6 Å². The van der Waals surface area contributed by atoms with E-state index in [4.69, 9.17) is 0 Å². The molecule has 0 saturated heterocycles. The van der Waals surface area contributed by atoms with Crippen molar-refractivity contribution < 1.29 is 22.0 Å². The maximum Gasteiger partial charge on any atom is 0.419 e. The van der Waals surface area contributed by atoms with Gasteiger partial charge in [-0.3, -0.25) is 0 Å². The molecule has 176 valence electrons. The third kappa shape index (κ3) is 5.33. The Morgan fingerprint density at radius 3 is 2.35 bits per heavy atom. The molecule has 0 unspecified atom stereocenters. The lowest BCUT2D eigenvalue weighted by Crippen LogP contribution is -2.13. The lowest BCUT2D eigenvalue weighted by Gasteiger charge is -2.28. The quantitative estimate of drug-likeness (QED) is 0.204. The molecule has 0 atom stereocenters. The summed E-state index contributed by atoms with van der Waals surface area (Å²) in [4.78, 5) is 0. The minimum absolute atomic E-state index is 0.0454. The van der Waals surface area contributed by atoms with Gasteiger partial charge in [0.2, 0.25) is 0 Å². The summed E-state index contributed by atoms with van der Waals surface area (Å²) in [5.74, 6) is 4.53. The Labute approximate surface area is 196 Å². The topological polar surface area (TPSA) is 0 Å². The lowest BCUT2D eigenvalue weighted by atomic mass is 9.77. The summed E-state index contributed by atoms with van der Waals surface area (Å²) in [6.07, 6.45) is 4.11. The second kappa shape index (κ2) is 10.0. The first-order chi connectivity index (χ1) is 16.3. The highest BCUT2D eigenvalue weighted by molar-refractivity contribution is 5.85. The van der Waals surface area contributed by atoms with Gasteiger partial charge in [0, 0.05) is 10.9 Å². The molecule has 1 fully saturated rings. The summed E-state index contributed by atoms with van der Waals surface area (Å²) >= 11 is 0. The van der Waals surface area contributed by atoms with E-state index in [9.17, 15) is 17.6 Å². The fourth-order valence-corrected chi connectivity index (χ4v) is 4.76. The van der Waals surface area contributed by atoms with Crippen molar-refractivity contribution in [3.8, 4) is 11.8 Å².